The molecule has 3 aromatic carbocycles. The molecule has 1 N–H and O–H groups in total. The van der Waals surface area contributed by atoms with E-state index in [2.05, 4.69) is 19.2 Å². The topological polar surface area (TPSA) is 64.0 Å². The molecule has 4 aromatic rings. The average Bonchev–Trinajstić information content (AvgIpc) is 2.84. The van der Waals surface area contributed by atoms with E-state index in [9.17, 15) is 9.59 Å². The number of para-hydroxylation sites is 1. The van der Waals surface area contributed by atoms with Gasteiger partial charge in [-0.1, -0.05) is 79.1 Å². The van der Waals surface area contributed by atoms with Crippen molar-refractivity contribution in [2.45, 2.75) is 31.3 Å². The smallest absolute Gasteiger partial charge is 0.266 e. The van der Waals surface area contributed by atoms with Gasteiger partial charge in [-0.25, -0.2) is 4.98 Å². The third-order valence-corrected chi connectivity index (χ3v) is 7.15. The third-order valence-electron chi connectivity index (χ3n) is 5.63. The molecule has 0 saturated heterocycles. The highest BCUT2D eigenvalue weighted by atomic mass is 35.5. The lowest BCUT2D eigenvalue weighted by atomic mass is 10.0. The van der Waals surface area contributed by atoms with Gasteiger partial charge in [0.15, 0.2) is 5.16 Å². The molecule has 35 heavy (non-hydrogen) atoms. The lowest BCUT2D eigenvalue weighted by Crippen LogP contribution is -2.28. The average molecular weight is 526 g/mol. The summed E-state index contributed by atoms with van der Waals surface area (Å²) < 4.78 is 1.58. The maximum atomic E-state index is 13.4. The highest BCUT2D eigenvalue weighted by Crippen LogP contribution is 2.24. The summed E-state index contributed by atoms with van der Waals surface area (Å²) in [6.45, 7) is 4.69. The highest BCUT2D eigenvalue weighted by molar-refractivity contribution is 7.99. The van der Waals surface area contributed by atoms with Gasteiger partial charge in [0.05, 0.1) is 22.3 Å². The Morgan fingerprint density at radius 3 is 2.51 bits per heavy atom. The van der Waals surface area contributed by atoms with Crippen molar-refractivity contribution in [2.24, 2.45) is 0 Å². The van der Waals surface area contributed by atoms with Crippen LogP contribution in [0.25, 0.3) is 16.6 Å². The van der Waals surface area contributed by atoms with Gasteiger partial charge < -0.3 is 5.32 Å². The number of halogens is 2. The second-order valence-corrected chi connectivity index (χ2v) is 10.2. The molecule has 0 atom stereocenters. The predicted molar refractivity (Wildman–Crippen MR) is 145 cm³/mol. The largest absolute Gasteiger partial charge is 0.355 e. The van der Waals surface area contributed by atoms with Crippen molar-refractivity contribution in [3.63, 3.8) is 0 Å². The van der Waals surface area contributed by atoms with Crippen LogP contribution >= 0.6 is 35.0 Å². The third kappa shape index (κ3) is 6.07. The number of benzene rings is 3. The molecule has 0 aliphatic rings. The Bertz CT molecular complexity index is 1420. The van der Waals surface area contributed by atoms with Crippen molar-refractivity contribution in [2.75, 3.05) is 12.3 Å². The van der Waals surface area contributed by atoms with Gasteiger partial charge in [0.25, 0.3) is 5.56 Å². The zero-order chi connectivity index (χ0) is 24.9. The van der Waals surface area contributed by atoms with E-state index in [1.54, 1.807) is 22.8 Å². The molecule has 180 valence electrons. The maximum absolute atomic E-state index is 13.4. The summed E-state index contributed by atoms with van der Waals surface area (Å²) in [7, 11) is 0. The molecule has 8 heteroatoms. The highest BCUT2D eigenvalue weighted by Gasteiger charge is 2.15. The van der Waals surface area contributed by atoms with Crippen molar-refractivity contribution in [3.05, 3.63) is 98.3 Å². The van der Waals surface area contributed by atoms with Crippen LogP contribution < -0.4 is 10.9 Å². The van der Waals surface area contributed by atoms with Gasteiger partial charge in [0.2, 0.25) is 5.91 Å². The number of amides is 1. The van der Waals surface area contributed by atoms with Crippen LogP contribution in [0, 0.1) is 0 Å². The minimum Gasteiger partial charge on any atom is -0.355 e. The normalized spacial score (nSPS) is 11.2. The van der Waals surface area contributed by atoms with Crippen LogP contribution in [0.2, 0.25) is 10.0 Å². The molecule has 4 rings (SSSR count). The molecule has 0 saturated carbocycles. The predicted octanol–water partition coefficient (Wildman–Crippen LogP) is 6.27. The van der Waals surface area contributed by atoms with E-state index >= 15 is 0 Å². The Morgan fingerprint density at radius 1 is 1.06 bits per heavy atom. The van der Waals surface area contributed by atoms with Crippen LogP contribution in [0.15, 0.2) is 76.7 Å². The first-order valence-corrected chi connectivity index (χ1v) is 13.0. The second-order valence-electron chi connectivity index (χ2n) is 8.42. The minimum absolute atomic E-state index is 0.128. The Labute approximate surface area is 218 Å². The minimum atomic E-state index is -0.159. The van der Waals surface area contributed by atoms with Gasteiger partial charge in [0, 0.05) is 16.6 Å². The number of hydrogen-bond donors (Lipinski definition) is 1. The summed E-state index contributed by atoms with van der Waals surface area (Å²) in [5.41, 5.74) is 3.27. The summed E-state index contributed by atoms with van der Waals surface area (Å²) in [6.07, 6.45) is 0.591. The van der Waals surface area contributed by atoms with Crippen LogP contribution in [-0.2, 0) is 11.2 Å². The van der Waals surface area contributed by atoms with Crippen molar-refractivity contribution >= 4 is 51.8 Å². The Hall–Kier alpha value is -2.80. The van der Waals surface area contributed by atoms with Crippen LogP contribution in [0.5, 0.6) is 0 Å². The number of nitrogens with zero attached hydrogens (tertiary/aromatic N) is 2. The van der Waals surface area contributed by atoms with Crippen molar-refractivity contribution in [1.29, 1.82) is 0 Å². The van der Waals surface area contributed by atoms with Crippen LogP contribution in [0.4, 0.5) is 0 Å². The van der Waals surface area contributed by atoms with E-state index in [1.807, 2.05) is 48.5 Å². The van der Waals surface area contributed by atoms with E-state index in [-0.39, 0.29) is 17.2 Å². The zero-order valence-electron chi connectivity index (χ0n) is 19.4. The standard InChI is InChI=1S/C27H25Cl2N3O2S/c1-17(2)18-8-11-21(12-9-18)32-26(34)22-5-3-4-6-24(22)31-27(32)35-16-25(33)30-14-13-19-7-10-20(28)15-23(19)29/h3-12,15,17H,13-14,16H2,1-2H3,(H,30,33). The molecule has 0 spiro atoms. The quantitative estimate of drug-likeness (QED) is 0.217. The lowest BCUT2D eigenvalue weighted by Gasteiger charge is -2.14. The molecule has 0 bridgehead atoms. The van der Waals surface area contributed by atoms with Crippen molar-refractivity contribution < 1.29 is 4.79 Å². The fourth-order valence-corrected chi connectivity index (χ4v) is 5.03. The van der Waals surface area contributed by atoms with E-state index < -0.39 is 0 Å². The second kappa shape index (κ2) is 11.3. The number of aromatic nitrogens is 2. The van der Waals surface area contributed by atoms with Crippen molar-refractivity contribution in [1.82, 2.24) is 14.9 Å². The fraction of sp³-hybridized carbons (Fsp3) is 0.222. The maximum Gasteiger partial charge on any atom is 0.266 e. The molecule has 1 aromatic heterocycles. The summed E-state index contributed by atoms with van der Waals surface area (Å²) in [5.74, 6) is 0.364. The van der Waals surface area contributed by atoms with Gasteiger partial charge in [-0.3, -0.25) is 14.2 Å². The number of thioether (sulfide) groups is 1. The molecule has 0 unspecified atom stereocenters. The van der Waals surface area contributed by atoms with Gasteiger partial charge in [-0.15, -0.1) is 0 Å². The number of carbonyl (C=O) groups excluding carboxylic acids is 1. The molecule has 0 radical (unpaired) electrons. The molecule has 0 fully saturated rings. The molecule has 5 nitrogen and oxygen atoms in total. The lowest BCUT2D eigenvalue weighted by molar-refractivity contribution is -0.118. The first kappa shape index (κ1) is 25.3. The van der Waals surface area contributed by atoms with Crippen LogP contribution in [-0.4, -0.2) is 27.8 Å². The molecule has 0 aliphatic carbocycles. The Kier molecular flexibility index (Phi) is 8.16. The van der Waals surface area contributed by atoms with Gasteiger partial charge in [-0.05, 0) is 59.9 Å². The number of fused-ring (bicyclic) bond motifs is 1. The molecule has 1 amide bonds. The molecule has 1 heterocycles. The summed E-state index contributed by atoms with van der Waals surface area (Å²) in [4.78, 5) is 30.7. The zero-order valence-corrected chi connectivity index (χ0v) is 21.8. The Balaban J connectivity index is 1.52. The number of nitrogens with one attached hydrogen (secondary N) is 1. The molecular weight excluding hydrogens is 501 g/mol. The van der Waals surface area contributed by atoms with Gasteiger partial charge >= 0.3 is 0 Å². The molecular formula is C27H25Cl2N3O2S. The van der Waals surface area contributed by atoms with Gasteiger partial charge in [0.1, 0.15) is 0 Å². The first-order chi connectivity index (χ1) is 16.8. The van der Waals surface area contributed by atoms with E-state index in [0.717, 1.165) is 11.3 Å². The molecule has 0 aliphatic heterocycles. The van der Waals surface area contributed by atoms with Crippen LogP contribution in [0.1, 0.15) is 30.9 Å². The summed E-state index contributed by atoms with van der Waals surface area (Å²) in [5, 5.41) is 5.07. The van der Waals surface area contributed by atoms with E-state index in [0.29, 0.717) is 45.0 Å². The summed E-state index contributed by atoms with van der Waals surface area (Å²) in [6, 6.07) is 20.5. The summed E-state index contributed by atoms with van der Waals surface area (Å²) >= 11 is 13.4. The monoisotopic (exact) mass is 525 g/mol. The van der Waals surface area contributed by atoms with E-state index in [4.69, 9.17) is 28.2 Å². The number of rotatable bonds is 8. The van der Waals surface area contributed by atoms with Crippen LogP contribution in [0.3, 0.4) is 0 Å². The van der Waals surface area contributed by atoms with Crippen molar-refractivity contribution in [3.8, 4) is 5.69 Å². The fourth-order valence-electron chi connectivity index (χ4n) is 3.69. The Morgan fingerprint density at radius 2 is 1.80 bits per heavy atom. The number of hydrogen-bond acceptors (Lipinski definition) is 4. The van der Waals surface area contributed by atoms with Gasteiger partial charge in [-0.2, -0.15) is 0 Å². The SMILES string of the molecule is CC(C)c1ccc(-n2c(SCC(=O)NCCc3ccc(Cl)cc3Cl)nc3ccccc3c2=O)cc1. The first-order valence-electron chi connectivity index (χ1n) is 11.3. The van der Waals surface area contributed by atoms with E-state index in [1.165, 1.54) is 17.3 Å². The number of carbonyl (C=O) groups is 1.